The molecule has 2 fully saturated rings. The summed E-state index contributed by atoms with van der Waals surface area (Å²) in [6, 6.07) is 5.67. The van der Waals surface area contributed by atoms with Gasteiger partial charge in [0.25, 0.3) is 0 Å². The SMILES string of the molecule is C[C@]12CNC[C@@]1(c1ccc(C(F)(F)F)cc1)C2. The molecule has 1 saturated carbocycles. The van der Waals surface area contributed by atoms with Gasteiger partial charge in [0, 0.05) is 18.5 Å². The van der Waals surface area contributed by atoms with Crippen molar-refractivity contribution in [3.8, 4) is 0 Å². The van der Waals surface area contributed by atoms with Gasteiger partial charge in [-0.25, -0.2) is 0 Å². The molecule has 0 spiro atoms. The molecule has 0 unspecified atom stereocenters. The number of benzene rings is 1. The van der Waals surface area contributed by atoms with Crippen LogP contribution in [0, 0.1) is 5.41 Å². The topological polar surface area (TPSA) is 12.0 Å². The van der Waals surface area contributed by atoms with Crippen molar-refractivity contribution in [1.82, 2.24) is 5.32 Å². The summed E-state index contributed by atoms with van der Waals surface area (Å²) in [4.78, 5) is 0. The van der Waals surface area contributed by atoms with Crippen LogP contribution < -0.4 is 5.32 Å². The van der Waals surface area contributed by atoms with Crippen molar-refractivity contribution in [3.05, 3.63) is 35.4 Å². The Hall–Kier alpha value is -1.03. The number of hydrogen-bond acceptors (Lipinski definition) is 1. The van der Waals surface area contributed by atoms with E-state index in [1.807, 2.05) is 0 Å². The predicted octanol–water partition coefficient (Wildman–Crippen LogP) is 2.96. The largest absolute Gasteiger partial charge is 0.416 e. The zero-order valence-electron chi connectivity index (χ0n) is 9.56. The van der Waals surface area contributed by atoms with Gasteiger partial charge in [-0.05, 0) is 29.5 Å². The van der Waals surface area contributed by atoms with Crippen LogP contribution >= 0.6 is 0 Å². The number of rotatable bonds is 1. The number of alkyl halides is 3. The minimum absolute atomic E-state index is 0.0805. The first-order valence-electron chi connectivity index (χ1n) is 5.76. The molecule has 3 rings (SSSR count). The van der Waals surface area contributed by atoms with Crippen LogP contribution in [0.2, 0.25) is 0 Å². The molecule has 2 aliphatic rings. The van der Waals surface area contributed by atoms with Gasteiger partial charge in [0.15, 0.2) is 0 Å². The van der Waals surface area contributed by atoms with E-state index in [1.165, 1.54) is 12.1 Å². The van der Waals surface area contributed by atoms with Gasteiger partial charge in [0.1, 0.15) is 0 Å². The van der Waals surface area contributed by atoms with Crippen LogP contribution in [0.3, 0.4) is 0 Å². The van der Waals surface area contributed by atoms with Crippen LogP contribution in [0.25, 0.3) is 0 Å². The number of halogens is 3. The van der Waals surface area contributed by atoms with E-state index >= 15 is 0 Å². The molecule has 17 heavy (non-hydrogen) atoms. The lowest BCUT2D eigenvalue weighted by molar-refractivity contribution is -0.137. The van der Waals surface area contributed by atoms with Crippen LogP contribution in [-0.2, 0) is 11.6 Å². The second kappa shape index (κ2) is 3.05. The van der Waals surface area contributed by atoms with Crippen molar-refractivity contribution >= 4 is 0 Å². The Morgan fingerprint density at radius 1 is 1.12 bits per heavy atom. The zero-order chi connectivity index (χ0) is 12.3. The van der Waals surface area contributed by atoms with E-state index in [0.29, 0.717) is 0 Å². The van der Waals surface area contributed by atoms with Crippen LogP contribution in [0.15, 0.2) is 24.3 Å². The average Bonchev–Trinajstić information content (AvgIpc) is 2.72. The Kier molecular flexibility index (Phi) is 1.99. The molecule has 92 valence electrons. The van der Waals surface area contributed by atoms with Gasteiger partial charge in [0.2, 0.25) is 0 Å². The molecule has 2 atom stereocenters. The van der Waals surface area contributed by atoms with Gasteiger partial charge >= 0.3 is 6.18 Å². The molecule has 1 aromatic rings. The van der Waals surface area contributed by atoms with Crippen molar-refractivity contribution < 1.29 is 13.2 Å². The highest BCUT2D eigenvalue weighted by Gasteiger charge is 2.67. The molecule has 4 heteroatoms. The normalized spacial score (nSPS) is 35.8. The maximum atomic E-state index is 12.5. The van der Waals surface area contributed by atoms with Crippen LogP contribution in [0.5, 0.6) is 0 Å². The first-order chi connectivity index (χ1) is 7.87. The maximum Gasteiger partial charge on any atom is 0.416 e. The van der Waals surface area contributed by atoms with Gasteiger partial charge < -0.3 is 5.32 Å². The third-order valence-electron chi connectivity index (χ3n) is 4.43. The molecule has 0 aromatic heterocycles. The second-order valence-electron chi connectivity index (χ2n) is 5.50. The lowest BCUT2D eigenvalue weighted by Crippen LogP contribution is -2.19. The zero-order valence-corrected chi connectivity index (χ0v) is 9.56. The first-order valence-corrected chi connectivity index (χ1v) is 5.76. The summed E-state index contributed by atoms with van der Waals surface area (Å²) in [6.45, 7) is 4.05. The van der Waals surface area contributed by atoms with Crippen molar-refractivity contribution in [2.75, 3.05) is 13.1 Å². The quantitative estimate of drug-likeness (QED) is 0.797. The smallest absolute Gasteiger partial charge is 0.315 e. The predicted molar refractivity (Wildman–Crippen MR) is 58.7 cm³/mol. The molecule has 0 radical (unpaired) electrons. The fourth-order valence-corrected chi connectivity index (χ4v) is 3.21. The highest BCUT2D eigenvalue weighted by Crippen LogP contribution is 2.66. The molecule has 1 aliphatic carbocycles. The van der Waals surface area contributed by atoms with Crippen LogP contribution in [0.1, 0.15) is 24.5 Å². The summed E-state index contributed by atoms with van der Waals surface area (Å²) in [6.07, 6.45) is -3.16. The van der Waals surface area contributed by atoms with E-state index in [0.717, 1.165) is 25.1 Å². The summed E-state index contributed by atoms with van der Waals surface area (Å²) in [5.41, 5.74) is 0.799. The minimum Gasteiger partial charge on any atom is -0.315 e. The number of fused-ring (bicyclic) bond motifs is 1. The Labute approximate surface area is 98.0 Å². The molecule has 0 amide bonds. The average molecular weight is 241 g/mol. The van der Waals surface area contributed by atoms with E-state index in [-0.39, 0.29) is 10.8 Å². The Balaban J connectivity index is 1.92. The fraction of sp³-hybridized carbons (Fsp3) is 0.538. The summed E-state index contributed by atoms with van der Waals surface area (Å²) >= 11 is 0. The van der Waals surface area contributed by atoms with Crippen LogP contribution in [0.4, 0.5) is 13.2 Å². The number of nitrogens with one attached hydrogen (secondary N) is 1. The van der Waals surface area contributed by atoms with Crippen molar-refractivity contribution in [2.45, 2.75) is 24.9 Å². The van der Waals surface area contributed by atoms with Crippen LogP contribution in [-0.4, -0.2) is 13.1 Å². The Morgan fingerprint density at radius 2 is 1.76 bits per heavy atom. The fourth-order valence-electron chi connectivity index (χ4n) is 3.21. The van der Waals surface area contributed by atoms with E-state index < -0.39 is 11.7 Å². The summed E-state index contributed by atoms with van der Waals surface area (Å²) in [5.74, 6) is 0. The first kappa shape index (κ1) is 11.1. The van der Waals surface area contributed by atoms with Crippen molar-refractivity contribution in [3.63, 3.8) is 0 Å². The molecule has 1 N–H and O–H groups in total. The second-order valence-corrected chi connectivity index (χ2v) is 5.50. The summed E-state index contributed by atoms with van der Waals surface area (Å²) in [5, 5.41) is 3.32. The number of piperidine rings is 1. The highest BCUT2D eigenvalue weighted by molar-refractivity contribution is 5.42. The van der Waals surface area contributed by atoms with E-state index in [4.69, 9.17) is 0 Å². The van der Waals surface area contributed by atoms with Crippen molar-refractivity contribution in [1.29, 1.82) is 0 Å². The van der Waals surface area contributed by atoms with Gasteiger partial charge in [-0.1, -0.05) is 19.1 Å². The molecule has 0 bridgehead atoms. The molecule has 1 nitrogen and oxygen atoms in total. The number of hydrogen-bond donors (Lipinski definition) is 1. The van der Waals surface area contributed by atoms with Gasteiger partial charge in [-0.15, -0.1) is 0 Å². The lowest BCUT2D eigenvalue weighted by atomic mass is 9.89. The molecule has 1 aliphatic heterocycles. The third kappa shape index (κ3) is 1.43. The molecule has 1 aromatic carbocycles. The minimum atomic E-state index is -4.24. The standard InChI is InChI=1S/C13H14F3N/c1-11-6-12(11,8-17-7-11)9-2-4-10(5-3-9)13(14,15)16/h2-5,17H,6-8H2,1H3/t11-,12+/m0/s1. The van der Waals surface area contributed by atoms with E-state index in [9.17, 15) is 13.2 Å². The van der Waals surface area contributed by atoms with Gasteiger partial charge in [0.05, 0.1) is 5.56 Å². The molecular weight excluding hydrogens is 227 g/mol. The third-order valence-corrected chi connectivity index (χ3v) is 4.43. The monoisotopic (exact) mass is 241 g/mol. The lowest BCUT2D eigenvalue weighted by Gasteiger charge is -2.15. The van der Waals surface area contributed by atoms with Crippen molar-refractivity contribution in [2.24, 2.45) is 5.41 Å². The molecule has 1 heterocycles. The van der Waals surface area contributed by atoms with E-state index in [2.05, 4.69) is 12.2 Å². The van der Waals surface area contributed by atoms with Gasteiger partial charge in [-0.3, -0.25) is 0 Å². The van der Waals surface area contributed by atoms with E-state index in [1.54, 1.807) is 12.1 Å². The highest BCUT2D eigenvalue weighted by atomic mass is 19.4. The molecule has 1 saturated heterocycles. The van der Waals surface area contributed by atoms with Gasteiger partial charge in [-0.2, -0.15) is 13.2 Å². The molecular formula is C13H14F3N. The Bertz CT molecular complexity index is 447. The maximum absolute atomic E-state index is 12.5. The summed E-state index contributed by atoms with van der Waals surface area (Å²) < 4.78 is 37.4. The summed E-state index contributed by atoms with van der Waals surface area (Å²) in [7, 11) is 0. The Morgan fingerprint density at radius 3 is 2.18 bits per heavy atom.